The van der Waals surface area contributed by atoms with Gasteiger partial charge in [-0.15, -0.1) is 0 Å². The molecule has 0 unspecified atom stereocenters. The summed E-state index contributed by atoms with van der Waals surface area (Å²) >= 11 is 0. The molecule has 0 fully saturated rings. The number of hydrogen-bond donors (Lipinski definition) is 0. The van der Waals surface area contributed by atoms with E-state index in [-0.39, 0.29) is 5.78 Å². The van der Waals surface area contributed by atoms with Gasteiger partial charge < -0.3 is 0 Å². The van der Waals surface area contributed by atoms with Crippen LogP contribution in [-0.4, -0.2) is 23.3 Å². The average Bonchev–Trinajstić information content (AvgIpc) is 2.27. The normalized spacial score (nSPS) is 16.2. The van der Waals surface area contributed by atoms with Crippen molar-refractivity contribution in [2.75, 3.05) is 6.54 Å². The van der Waals surface area contributed by atoms with E-state index >= 15 is 0 Å². The largest absolute Gasteiger partial charge is 0.296 e. The summed E-state index contributed by atoms with van der Waals surface area (Å²) in [5.41, 5.74) is 3.58. The third-order valence-electron chi connectivity index (χ3n) is 3.38. The summed E-state index contributed by atoms with van der Waals surface area (Å²) in [6, 6.07) is 6.72. The minimum atomic E-state index is 0.161. The van der Waals surface area contributed by atoms with E-state index in [1.54, 1.807) is 6.92 Å². The Morgan fingerprint density at radius 3 is 2.69 bits per heavy atom. The molecule has 0 aromatic heterocycles. The van der Waals surface area contributed by atoms with Crippen LogP contribution in [0.4, 0.5) is 0 Å². The summed E-state index contributed by atoms with van der Waals surface area (Å²) in [4.78, 5) is 13.8. The summed E-state index contributed by atoms with van der Waals surface area (Å²) < 4.78 is 0. The number of ketones is 1. The van der Waals surface area contributed by atoms with Crippen LogP contribution in [-0.2, 0) is 13.0 Å². The molecule has 2 rings (SSSR count). The number of carbonyl (C=O) groups excluding carboxylic acids is 1. The SMILES string of the molecule is CC(=O)c1ccc2c(c1)CCN(C(C)C)C2. The van der Waals surface area contributed by atoms with Crippen molar-refractivity contribution < 1.29 is 4.79 Å². The van der Waals surface area contributed by atoms with Crippen molar-refractivity contribution in [2.24, 2.45) is 0 Å². The van der Waals surface area contributed by atoms with Gasteiger partial charge in [0.25, 0.3) is 0 Å². The molecular weight excluding hydrogens is 198 g/mol. The second kappa shape index (κ2) is 4.38. The fourth-order valence-electron chi connectivity index (χ4n) is 2.23. The zero-order chi connectivity index (χ0) is 11.7. The molecule has 0 saturated heterocycles. The highest BCUT2D eigenvalue weighted by atomic mass is 16.1. The average molecular weight is 217 g/mol. The number of fused-ring (bicyclic) bond motifs is 1. The molecule has 0 spiro atoms. The molecular formula is C14H19NO. The summed E-state index contributed by atoms with van der Waals surface area (Å²) in [6.45, 7) is 8.21. The number of nitrogens with zero attached hydrogens (tertiary/aromatic N) is 1. The number of rotatable bonds is 2. The predicted molar refractivity (Wildman–Crippen MR) is 65.7 cm³/mol. The molecule has 2 nitrogen and oxygen atoms in total. The van der Waals surface area contributed by atoms with E-state index in [1.165, 1.54) is 11.1 Å². The van der Waals surface area contributed by atoms with Crippen LogP contribution >= 0.6 is 0 Å². The van der Waals surface area contributed by atoms with Gasteiger partial charge in [0.1, 0.15) is 0 Å². The molecule has 0 aliphatic carbocycles. The van der Waals surface area contributed by atoms with Gasteiger partial charge in [-0.2, -0.15) is 0 Å². The van der Waals surface area contributed by atoms with Crippen molar-refractivity contribution >= 4 is 5.78 Å². The lowest BCUT2D eigenvalue weighted by atomic mass is 9.95. The molecule has 2 heteroatoms. The first-order valence-electron chi connectivity index (χ1n) is 5.94. The summed E-state index contributed by atoms with van der Waals surface area (Å²) in [7, 11) is 0. The second-order valence-electron chi connectivity index (χ2n) is 4.85. The summed E-state index contributed by atoms with van der Waals surface area (Å²) in [5.74, 6) is 0.161. The molecule has 0 atom stereocenters. The maximum atomic E-state index is 11.3. The minimum absolute atomic E-state index is 0.161. The maximum absolute atomic E-state index is 11.3. The highest BCUT2D eigenvalue weighted by Gasteiger charge is 2.18. The van der Waals surface area contributed by atoms with Gasteiger partial charge in [0, 0.05) is 24.7 Å². The van der Waals surface area contributed by atoms with E-state index in [0.29, 0.717) is 6.04 Å². The van der Waals surface area contributed by atoms with E-state index in [1.807, 2.05) is 6.07 Å². The van der Waals surface area contributed by atoms with Crippen molar-refractivity contribution in [2.45, 2.75) is 39.8 Å². The standard InChI is InChI=1S/C14H19NO/c1-10(2)15-7-6-13-8-12(11(3)16)4-5-14(13)9-15/h4-5,8,10H,6-7,9H2,1-3H3. The van der Waals surface area contributed by atoms with Crippen molar-refractivity contribution in [1.82, 2.24) is 4.90 Å². The Morgan fingerprint density at radius 1 is 1.31 bits per heavy atom. The Kier molecular flexibility index (Phi) is 3.10. The molecule has 16 heavy (non-hydrogen) atoms. The van der Waals surface area contributed by atoms with E-state index in [0.717, 1.165) is 25.1 Å². The molecule has 0 amide bonds. The Morgan fingerprint density at radius 2 is 2.06 bits per heavy atom. The van der Waals surface area contributed by atoms with Gasteiger partial charge in [0.15, 0.2) is 5.78 Å². The first-order chi connectivity index (χ1) is 7.58. The fourth-order valence-corrected chi connectivity index (χ4v) is 2.23. The Hall–Kier alpha value is -1.15. The van der Waals surface area contributed by atoms with Gasteiger partial charge in [0.05, 0.1) is 0 Å². The molecule has 0 N–H and O–H groups in total. The van der Waals surface area contributed by atoms with E-state index in [2.05, 4.69) is 30.9 Å². The molecule has 86 valence electrons. The molecule has 1 aliphatic heterocycles. The van der Waals surface area contributed by atoms with Gasteiger partial charge in [-0.25, -0.2) is 0 Å². The third kappa shape index (κ3) is 2.17. The van der Waals surface area contributed by atoms with Gasteiger partial charge in [-0.05, 0) is 44.4 Å². The maximum Gasteiger partial charge on any atom is 0.159 e. The van der Waals surface area contributed by atoms with Crippen LogP contribution in [0, 0.1) is 0 Å². The minimum Gasteiger partial charge on any atom is -0.296 e. The molecule has 1 aliphatic rings. The monoisotopic (exact) mass is 217 g/mol. The van der Waals surface area contributed by atoms with Crippen LogP contribution in [0.5, 0.6) is 0 Å². The quantitative estimate of drug-likeness (QED) is 0.710. The molecule has 0 radical (unpaired) electrons. The molecule has 1 aromatic carbocycles. The van der Waals surface area contributed by atoms with Gasteiger partial charge in [-0.3, -0.25) is 9.69 Å². The Bertz CT molecular complexity index is 409. The van der Waals surface area contributed by atoms with Gasteiger partial charge >= 0.3 is 0 Å². The van der Waals surface area contributed by atoms with Crippen LogP contribution < -0.4 is 0 Å². The second-order valence-corrected chi connectivity index (χ2v) is 4.85. The van der Waals surface area contributed by atoms with E-state index in [4.69, 9.17) is 0 Å². The topological polar surface area (TPSA) is 20.3 Å². The lowest BCUT2D eigenvalue weighted by molar-refractivity contribution is 0.101. The van der Waals surface area contributed by atoms with Crippen LogP contribution in [0.25, 0.3) is 0 Å². The molecule has 0 saturated carbocycles. The summed E-state index contributed by atoms with van der Waals surface area (Å²) in [5, 5.41) is 0. The smallest absolute Gasteiger partial charge is 0.159 e. The zero-order valence-corrected chi connectivity index (χ0v) is 10.3. The summed E-state index contributed by atoms with van der Waals surface area (Å²) in [6.07, 6.45) is 1.06. The molecule has 0 bridgehead atoms. The third-order valence-corrected chi connectivity index (χ3v) is 3.38. The van der Waals surface area contributed by atoms with E-state index < -0.39 is 0 Å². The highest BCUT2D eigenvalue weighted by molar-refractivity contribution is 5.94. The van der Waals surface area contributed by atoms with Crippen molar-refractivity contribution in [1.29, 1.82) is 0 Å². The molecule has 1 aromatic rings. The first kappa shape index (κ1) is 11.3. The van der Waals surface area contributed by atoms with Crippen molar-refractivity contribution in [3.05, 3.63) is 34.9 Å². The Balaban J connectivity index is 2.25. The first-order valence-corrected chi connectivity index (χ1v) is 5.94. The number of carbonyl (C=O) groups is 1. The number of benzene rings is 1. The lowest BCUT2D eigenvalue weighted by Gasteiger charge is -2.32. The van der Waals surface area contributed by atoms with Crippen LogP contribution in [0.3, 0.4) is 0 Å². The number of Topliss-reactive ketones (excluding diaryl/α,β-unsaturated/α-hetero) is 1. The van der Waals surface area contributed by atoms with Crippen LogP contribution in [0.1, 0.15) is 42.3 Å². The Labute approximate surface area is 97.3 Å². The van der Waals surface area contributed by atoms with Crippen molar-refractivity contribution in [3.8, 4) is 0 Å². The highest BCUT2D eigenvalue weighted by Crippen LogP contribution is 2.21. The molecule has 1 heterocycles. The fraction of sp³-hybridized carbons (Fsp3) is 0.500. The zero-order valence-electron chi connectivity index (χ0n) is 10.3. The number of hydrogen-bond acceptors (Lipinski definition) is 2. The van der Waals surface area contributed by atoms with Crippen molar-refractivity contribution in [3.63, 3.8) is 0 Å². The lowest BCUT2D eigenvalue weighted by Crippen LogP contribution is -2.35. The van der Waals surface area contributed by atoms with Crippen LogP contribution in [0.2, 0.25) is 0 Å². The van der Waals surface area contributed by atoms with Gasteiger partial charge in [0.2, 0.25) is 0 Å². The van der Waals surface area contributed by atoms with Gasteiger partial charge in [-0.1, -0.05) is 12.1 Å². The van der Waals surface area contributed by atoms with E-state index in [9.17, 15) is 4.79 Å². The van der Waals surface area contributed by atoms with Crippen LogP contribution in [0.15, 0.2) is 18.2 Å². The predicted octanol–water partition coefficient (Wildman–Crippen LogP) is 2.66.